The highest BCUT2D eigenvalue weighted by molar-refractivity contribution is 9.10. The number of rotatable bonds is 6. The number of aromatic nitrogens is 1. The fraction of sp³-hybridized carbons (Fsp3) is 0.400. The van der Waals surface area contributed by atoms with E-state index in [9.17, 15) is 14.4 Å². The molecule has 3 heterocycles. The second kappa shape index (κ2) is 7.60. The minimum Gasteiger partial charge on any atom is -0.378 e. The van der Waals surface area contributed by atoms with E-state index in [1.807, 2.05) is 18.2 Å². The van der Waals surface area contributed by atoms with E-state index in [0.717, 1.165) is 17.4 Å². The van der Waals surface area contributed by atoms with Gasteiger partial charge in [-0.25, -0.2) is 4.98 Å². The molecule has 2 aliphatic heterocycles. The molecule has 0 spiro atoms. The molecule has 0 radical (unpaired) electrons. The number of nitrogens with zero attached hydrogens (tertiary/aromatic N) is 3. The molecular formula is C20H20BrN3O4. The molecule has 7 nitrogen and oxygen atoms in total. The minimum absolute atomic E-state index is 0.143. The zero-order valence-corrected chi connectivity index (χ0v) is 17.1. The van der Waals surface area contributed by atoms with E-state index < -0.39 is 0 Å². The van der Waals surface area contributed by atoms with Crippen molar-refractivity contribution in [3.8, 4) is 0 Å². The predicted molar refractivity (Wildman–Crippen MR) is 106 cm³/mol. The maximum absolute atomic E-state index is 13.1. The molecule has 0 N–H and O–H groups in total. The normalized spacial score (nSPS) is 16.6. The first kappa shape index (κ1) is 19.0. The van der Waals surface area contributed by atoms with Gasteiger partial charge in [0.05, 0.1) is 28.9 Å². The van der Waals surface area contributed by atoms with Gasteiger partial charge in [-0.2, -0.15) is 0 Å². The Bertz CT molecular complexity index is 991. The minimum atomic E-state index is -0.339. The predicted octanol–water partition coefficient (Wildman–Crippen LogP) is 2.75. The number of imide groups is 1. The number of fused-ring (bicyclic) bond motifs is 3. The van der Waals surface area contributed by atoms with Crippen LogP contribution in [0.2, 0.25) is 0 Å². The van der Waals surface area contributed by atoms with Gasteiger partial charge in [0.1, 0.15) is 0 Å². The third kappa shape index (κ3) is 3.20. The van der Waals surface area contributed by atoms with Gasteiger partial charge in [-0.1, -0.05) is 15.9 Å². The molecule has 1 fully saturated rings. The summed E-state index contributed by atoms with van der Waals surface area (Å²) in [4.78, 5) is 45.5. The Morgan fingerprint density at radius 3 is 2.64 bits per heavy atom. The van der Waals surface area contributed by atoms with Crippen LogP contribution in [0, 0.1) is 0 Å². The summed E-state index contributed by atoms with van der Waals surface area (Å²) in [5.41, 5.74) is 1.85. The average molecular weight is 446 g/mol. The second-order valence-corrected chi connectivity index (χ2v) is 7.92. The molecule has 1 saturated heterocycles. The van der Waals surface area contributed by atoms with Gasteiger partial charge >= 0.3 is 0 Å². The van der Waals surface area contributed by atoms with Gasteiger partial charge in [-0.05, 0) is 31.0 Å². The van der Waals surface area contributed by atoms with Crippen molar-refractivity contribution in [1.29, 1.82) is 0 Å². The van der Waals surface area contributed by atoms with Crippen LogP contribution < -0.4 is 0 Å². The average Bonchev–Trinajstić information content (AvgIpc) is 3.18. The van der Waals surface area contributed by atoms with E-state index in [1.165, 1.54) is 12.0 Å². The van der Waals surface area contributed by atoms with E-state index >= 15 is 0 Å². The lowest BCUT2D eigenvalue weighted by molar-refractivity contribution is -0.127. The first-order valence-corrected chi connectivity index (χ1v) is 10.1. The quantitative estimate of drug-likeness (QED) is 0.638. The standard InChI is InChI=1S/C20H20BrN3O4/c1-28-11-15-18-17(13-10-12(21)5-6-14(13)22-15)19(26)24(20(18)27)9-3-8-23-7-2-4-16(23)25/h5-6,10H,2-4,7-9,11H2,1H3. The van der Waals surface area contributed by atoms with Gasteiger partial charge in [0.25, 0.3) is 11.8 Å². The van der Waals surface area contributed by atoms with Gasteiger partial charge < -0.3 is 9.64 Å². The monoisotopic (exact) mass is 445 g/mol. The molecule has 2 aliphatic rings. The van der Waals surface area contributed by atoms with Crippen molar-refractivity contribution < 1.29 is 19.1 Å². The summed E-state index contributed by atoms with van der Waals surface area (Å²) < 4.78 is 6.02. The summed E-state index contributed by atoms with van der Waals surface area (Å²) in [6.07, 6.45) is 2.02. The van der Waals surface area contributed by atoms with Gasteiger partial charge in [0.15, 0.2) is 0 Å². The molecule has 0 atom stereocenters. The van der Waals surface area contributed by atoms with Gasteiger partial charge in [0.2, 0.25) is 5.91 Å². The molecule has 0 saturated carbocycles. The van der Waals surface area contributed by atoms with Crippen molar-refractivity contribution >= 4 is 44.6 Å². The summed E-state index contributed by atoms with van der Waals surface area (Å²) in [6, 6.07) is 5.48. The molecule has 0 bridgehead atoms. The molecule has 3 amide bonds. The third-order valence-electron chi connectivity index (χ3n) is 5.20. The lowest BCUT2D eigenvalue weighted by atomic mass is 10.0. The maximum atomic E-state index is 13.1. The summed E-state index contributed by atoms with van der Waals surface area (Å²) in [5, 5.41) is 0.653. The van der Waals surface area contributed by atoms with Crippen LogP contribution in [0.25, 0.3) is 10.9 Å². The molecule has 28 heavy (non-hydrogen) atoms. The number of methoxy groups -OCH3 is 1. The Morgan fingerprint density at radius 2 is 1.93 bits per heavy atom. The number of hydrogen-bond donors (Lipinski definition) is 0. The van der Waals surface area contributed by atoms with E-state index in [0.29, 0.717) is 47.1 Å². The van der Waals surface area contributed by atoms with E-state index in [2.05, 4.69) is 20.9 Å². The first-order chi connectivity index (χ1) is 13.5. The zero-order valence-electron chi connectivity index (χ0n) is 15.5. The van der Waals surface area contributed by atoms with Crippen LogP contribution in [-0.2, 0) is 16.1 Å². The largest absolute Gasteiger partial charge is 0.378 e. The Labute approximate surface area is 170 Å². The van der Waals surface area contributed by atoms with Crippen LogP contribution >= 0.6 is 15.9 Å². The van der Waals surface area contributed by atoms with Crippen LogP contribution in [0.5, 0.6) is 0 Å². The summed E-state index contributed by atoms with van der Waals surface area (Å²) in [6.45, 7) is 1.74. The molecule has 1 aromatic carbocycles. The van der Waals surface area contributed by atoms with Crippen molar-refractivity contribution in [2.24, 2.45) is 0 Å². The van der Waals surface area contributed by atoms with Gasteiger partial charge in [-0.3, -0.25) is 19.3 Å². The number of benzene rings is 1. The zero-order chi connectivity index (χ0) is 19.8. The second-order valence-electron chi connectivity index (χ2n) is 7.00. The molecular weight excluding hydrogens is 426 g/mol. The third-order valence-corrected chi connectivity index (χ3v) is 5.70. The topological polar surface area (TPSA) is 79.8 Å². The van der Waals surface area contributed by atoms with Crippen LogP contribution in [-0.4, -0.2) is 59.2 Å². The molecule has 146 valence electrons. The number of pyridine rings is 1. The highest BCUT2D eigenvalue weighted by Gasteiger charge is 2.39. The Balaban J connectivity index is 1.65. The summed E-state index contributed by atoms with van der Waals surface area (Å²) in [7, 11) is 1.53. The lowest BCUT2D eigenvalue weighted by Gasteiger charge is -2.18. The summed E-state index contributed by atoms with van der Waals surface area (Å²) in [5.74, 6) is -0.505. The number of ether oxygens (including phenoxy) is 1. The van der Waals surface area contributed by atoms with Gasteiger partial charge in [-0.15, -0.1) is 0 Å². The van der Waals surface area contributed by atoms with Crippen LogP contribution in [0.3, 0.4) is 0 Å². The number of carbonyl (C=O) groups is 3. The highest BCUT2D eigenvalue weighted by atomic mass is 79.9. The number of likely N-dealkylation sites (tertiary alicyclic amines) is 1. The Kier molecular flexibility index (Phi) is 5.16. The maximum Gasteiger partial charge on any atom is 0.263 e. The summed E-state index contributed by atoms with van der Waals surface area (Å²) >= 11 is 3.43. The molecule has 8 heteroatoms. The number of amides is 3. The Hall–Kier alpha value is -2.32. The fourth-order valence-corrected chi connectivity index (χ4v) is 4.27. The van der Waals surface area contributed by atoms with Crippen LogP contribution in [0.4, 0.5) is 0 Å². The molecule has 1 aromatic heterocycles. The van der Waals surface area contributed by atoms with Crippen LogP contribution in [0.15, 0.2) is 22.7 Å². The van der Waals surface area contributed by atoms with Crippen molar-refractivity contribution in [3.63, 3.8) is 0 Å². The smallest absolute Gasteiger partial charge is 0.263 e. The van der Waals surface area contributed by atoms with E-state index in [4.69, 9.17) is 4.74 Å². The number of carbonyl (C=O) groups excluding carboxylic acids is 3. The van der Waals surface area contributed by atoms with Crippen LogP contribution in [0.1, 0.15) is 45.7 Å². The molecule has 2 aromatic rings. The van der Waals surface area contributed by atoms with Crippen molar-refractivity contribution in [3.05, 3.63) is 39.5 Å². The first-order valence-electron chi connectivity index (χ1n) is 9.26. The van der Waals surface area contributed by atoms with E-state index in [-0.39, 0.29) is 30.9 Å². The van der Waals surface area contributed by atoms with Crippen molar-refractivity contribution in [2.75, 3.05) is 26.7 Å². The lowest BCUT2D eigenvalue weighted by Crippen LogP contribution is -2.34. The Morgan fingerprint density at radius 1 is 1.14 bits per heavy atom. The fourth-order valence-electron chi connectivity index (χ4n) is 3.91. The molecule has 4 rings (SSSR count). The van der Waals surface area contributed by atoms with Crippen molar-refractivity contribution in [1.82, 2.24) is 14.8 Å². The van der Waals surface area contributed by atoms with E-state index in [1.54, 1.807) is 4.90 Å². The van der Waals surface area contributed by atoms with Crippen molar-refractivity contribution in [2.45, 2.75) is 25.9 Å². The molecule has 0 aliphatic carbocycles. The highest BCUT2D eigenvalue weighted by Crippen LogP contribution is 2.33. The number of halogens is 1. The molecule has 0 unspecified atom stereocenters. The van der Waals surface area contributed by atoms with Gasteiger partial charge in [0, 0.05) is 43.0 Å². The SMILES string of the molecule is COCc1nc2ccc(Br)cc2c2c1C(=O)N(CCCN1CCCC1=O)C2=O. The number of hydrogen-bond acceptors (Lipinski definition) is 5.